The average molecular weight is 273 g/mol. The van der Waals surface area contributed by atoms with E-state index in [0.717, 1.165) is 43.1 Å². The van der Waals surface area contributed by atoms with E-state index in [1.807, 2.05) is 23.9 Å². The molecule has 1 aliphatic rings. The van der Waals surface area contributed by atoms with Crippen LogP contribution in [0.3, 0.4) is 0 Å². The number of nitrogens with zero attached hydrogens (tertiary/aromatic N) is 4. The SMILES string of the molecule is Cc1ncccc1OCc1cnn(C2CCNCC2)n1. The van der Waals surface area contributed by atoms with Crippen molar-refractivity contribution in [3.63, 3.8) is 0 Å². The van der Waals surface area contributed by atoms with Crippen molar-refractivity contribution in [3.05, 3.63) is 35.9 Å². The Kier molecular flexibility index (Phi) is 3.92. The highest BCUT2D eigenvalue weighted by molar-refractivity contribution is 5.25. The van der Waals surface area contributed by atoms with Gasteiger partial charge in [-0.2, -0.15) is 15.0 Å². The van der Waals surface area contributed by atoms with Gasteiger partial charge in [0, 0.05) is 6.20 Å². The maximum absolute atomic E-state index is 5.73. The molecule has 2 aromatic rings. The normalized spacial score (nSPS) is 16.2. The minimum atomic E-state index is 0.408. The lowest BCUT2D eigenvalue weighted by Crippen LogP contribution is -2.30. The third kappa shape index (κ3) is 2.96. The van der Waals surface area contributed by atoms with E-state index in [4.69, 9.17) is 4.74 Å². The second-order valence-corrected chi connectivity index (χ2v) is 5.01. The summed E-state index contributed by atoms with van der Waals surface area (Å²) in [6.45, 7) is 4.43. The van der Waals surface area contributed by atoms with Gasteiger partial charge in [-0.25, -0.2) is 0 Å². The van der Waals surface area contributed by atoms with Crippen molar-refractivity contribution in [1.29, 1.82) is 0 Å². The molecule has 3 rings (SSSR count). The van der Waals surface area contributed by atoms with Crippen LogP contribution in [0.4, 0.5) is 0 Å². The molecule has 0 spiro atoms. The number of hydrogen-bond acceptors (Lipinski definition) is 5. The van der Waals surface area contributed by atoms with Gasteiger partial charge in [-0.3, -0.25) is 4.98 Å². The van der Waals surface area contributed by atoms with E-state index in [1.165, 1.54) is 0 Å². The number of aromatic nitrogens is 4. The molecule has 1 fully saturated rings. The first kappa shape index (κ1) is 13.1. The Morgan fingerprint density at radius 2 is 2.25 bits per heavy atom. The van der Waals surface area contributed by atoms with Crippen molar-refractivity contribution >= 4 is 0 Å². The zero-order valence-corrected chi connectivity index (χ0v) is 11.6. The number of hydrogen-bond donors (Lipinski definition) is 1. The molecule has 1 N–H and O–H groups in total. The highest BCUT2D eigenvalue weighted by Crippen LogP contribution is 2.17. The number of ether oxygens (including phenoxy) is 1. The molecule has 1 saturated heterocycles. The molecule has 3 heterocycles. The quantitative estimate of drug-likeness (QED) is 0.914. The number of rotatable bonds is 4. The minimum Gasteiger partial charge on any atom is -0.485 e. The van der Waals surface area contributed by atoms with Crippen LogP contribution in [0.5, 0.6) is 5.75 Å². The molecule has 0 radical (unpaired) electrons. The first-order valence-electron chi connectivity index (χ1n) is 6.99. The zero-order chi connectivity index (χ0) is 13.8. The summed E-state index contributed by atoms with van der Waals surface area (Å²) < 4.78 is 5.73. The topological polar surface area (TPSA) is 64.9 Å². The molecule has 0 aromatic carbocycles. The second kappa shape index (κ2) is 6.00. The molecule has 0 unspecified atom stereocenters. The van der Waals surface area contributed by atoms with Crippen LogP contribution in [-0.2, 0) is 6.61 Å². The first-order chi connectivity index (χ1) is 9.83. The van der Waals surface area contributed by atoms with Crippen molar-refractivity contribution in [2.75, 3.05) is 13.1 Å². The summed E-state index contributed by atoms with van der Waals surface area (Å²) in [7, 11) is 0. The molecule has 20 heavy (non-hydrogen) atoms. The van der Waals surface area contributed by atoms with E-state index in [1.54, 1.807) is 12.4 Å². The Labute approximate surface area is 118 Å². The third-order valence-electron chi connectivity index (χ3n) is 3.53. The van der Waals surface area contributed by atoms with E-state index in [0.29, 0.717) is 12.6 Å². The lowest BCUT2D eigenvalue weighted by Gasteiger charge is -2.21. The van der Waals surface area contributed by atoms with Gasteiger partial charge in [-0.15, -0.1) is 0 Å². The third-order valence-corrected chi connectivity index (χ3v) is 3.53. The Hall–Kier alpha value is -1.95. The second-order valence-electron chi connectivity index (χ2n) is 5.01. The van der Waals surface area contributed by atoms with Crippen molar-refractivity contribution in [2.45, 2.75) is 32.4 Å². The van der Waals surface area contributed by atoms with Gasteiger partial charge in [-0.1, -0.05) is 0 Å². The molecule has 0 bridgehead atoms. The van der Waals surface area contributed by atoms with E-state index in [9.17, 15) is 0 Å². The molecule has 0 amide bonds. The van der Waals surface area contributed by atoms with Crippen LogP contribution >= 0.6 is 0 Å². The van der Waals surface area contributed by atoms with Crippen LogP contribution in [-0.4, -0.2) is 33.1 Å². The van der Waals surface area contributed by atoms with Gasteiger partial charge in [-0.05, 0) is 45.0 Å². The Balaban J connectivity index is 1.61. The monoisotopic (exact) mass is 273 g/mol. The van der Waals surface area contributed by atoms with E-state index in [2.05, 4.69) is 20.5 Å². The lowest BCUT2D eigenvalue weighted by atomic mass is 10.1. The smallest absolute Gasteiger partial charge is 0.141 e. The highest BCUT2D eigenvalue weighted by Gasteiger charge is 2.17. The maximum atomic E-state index is 5.73. The van der Waals surface area contributed by atoms with Gasteiger partial charge in [0.15, 0.2) is 0 Å². The molecule has 0 atom stereocenters. The molecule has 0 aliphatic carbocycles. The Morgan fingerprint density at radius 3 is 3.05 bits per heavy atom. The van der Waals surface area contributed by atoms with Crippen LogP contribution < -0.4 is 10.1 Å². The summed E-state index contributed by atoms with van der Waals surface area (Å²) >= 11 is 0. The number of pyridine rings is 1. The Morgan fingerprint density at radius 1 is 1.40 bits per heavy atom. The van der Waals surface area contributed by atoms with E-state index < -0.39 is 0 Å². The summed E-state index contributed by atoms with van der Waals surface area (Å²) in [5.41, 5.74) is 1.74. The predicted molar refractivity (Wildman–Crippen MR) is 74.5 cm³/mol. The summed E-state index contributed by atoms with van der Waals surface area (Å²) in [6.07, 6.45) is 5.71. The van der Waals surface area contributed by atoms with Crippen molar-refractivity contribution < 1.29 is 4.74 Å². The first-order valence-corrected chi connectivity index (χ1v) is 6.99. The summed E-state index contributed by atoms with van der Waals surface area (Å²) in [4.78, 5) is 6.03. The van der Waals surface area contributed by atoms with Gasteiger partial charge < -0.3 is 10.1 Å². The van der Waals surface area contributed by atoms with Crippen LogP contribution in [0.2, 0.25) is 0 Å². The molecule has 106 valence electrons. The summed E-state index contributed by atoms with van der Waals surface area (Å²) in [6, 6.07) is 4.19. The number of aryl methyl sites for hydroxylation is 1. The number of nitrogens with one attached hydrogen (secondary N) is 1. The van der Waals surface area contributed by atoms with Crippen LogP contribution in [0, 0.1) is 6.92 Å². The zero-order valence-electron chi connectivity index (χ0n) is 11.6. The predicted octanol–water partition coefficient (Wildman–Crippen LogP) is 1.49. The molecular weight excluding hydrogens is 254 g/mol. The van der Waals surface area contributed by atoms with Crippen LogP contribution in [0.25, 0.3) is 0 Å². The molecule has 6 heteroatoms. The molecular formula is C14H19N5O. The standard InChI is InChI=1S/C14H19N5O/c1-11-14(3-2-6-16-11)20-10-12-9-17-19(18-12)13-4-7-15-8-5-13/h2-3,6,9,13,15H,4-5,7-8,10H2,1H3. The van der Waals surface area contributed by atoms with Crippen molar-refractivity contribution in [1.82, 2.24) is 25.3 Å². The number of piperidine rings is 1. The van der Waals surface area contributed by atoms with Crippen molar-refractivity contribution in [3.8, 4) is 5.75 Å². The molecule has 2 aromatic heterocycles. The minimum absolute atomic E-state index is 0.408. The highest BCUT2D eigenvalue weighted by atomic mass is 16.5. The molecule has 1 aliphatic heterocycles. The van der Waals surface area contributed by atoms with Gasteiger partial charge >= 0.3 is 0 Å². The summed E-state index contributed by atoms with van der Waals surface area (Å²) in [5, 5.41) is 12.2. The summed E-state index contributed by atoms with van der Waals surface area (Å²) in [5.74, 6) is 0.795. The van der Waals surface area contributed by atoms with Crippen LogP contribution in [0.1, 0.15) is 30.3 Å². The lowest BCUT2D eigenvalue weighted by molar-refractivity contribution is 0.285. The van der Waals surface area contributed by atoms with Gasteiger partial charge in [0.25, 0.3) is 0 Å². The van der Waals surface area contributed by atoms with Gasteiger partial charge in [0.05, 0.1) is 17.9 Å². The van der Waals surface area contributed by atoms with Gasteiger partial charge in [0.1, 0.15) is 18.1 Å². The fourth-order valence-electron chi connectivity index (χ4n) is 2.36. The fraction of sp³-hybridized carbons (Fsp3) is 0.500. The van der Waals surface area contributed by atoms with Crippen LogP contribution in [0.15, 0.2) is 24.5 Å². The van der Waals surface area contributed by atoms with Gasteiger partial charge in [0.2, 0.25) is 0 Å². The molecule has 6 nitrogen and oxygen atoms in total. The largest absolute Gasteiger partial charge is 0.485 e. The average Bonchev–Trinajstić information content (AvgIpc) is 2.96. The maximum Gasteiger partial charge on any atom is 0.141 e. The van der Waals surface area contributed by atoms with E-state index in [-0.39, 0.29) is 0 Å². The fourth-order valence-corrected chi connectivity index (χ4v) is 2.36. The molecule has 0 saturated carbocycles. The Bertz CT molecular complexity index is 562. The van der Waals surface area contributed by atoms with E-state index >= 15 is 0 Å². The van der Waals surface area contributed by atoms with Crippen molar-refractivity contribution in [2.24, 2.45) is 0 Å².